The molecule has 17 heavy (non-hydrogen) atoms. The molecule has 0 spiro atoms. The van der Waals surface area contributed by atoms with E-state index in [1.165, 1.54) is 13.3 Å². The monoisotopic (exact) mass is 239 g/mol. The van der Waals surface area contributed by atoms with E-state index in [-0.39, 0.29) is 6.61 Å². The molecule has 92 valence electrons. The van der Waals surface area contributed by atoms with Gasteiger partial charge in [0.15, 0.2) is 18.1 Å². The Kier molecular flexibility index (Phi) is 4.77. The number of nitrogens with two attached hydrogens (primary N) is 1. The van der Waals surface area contributed by atoms with E-state index in [2.05, 4.69) is 5.16 Å². The highest BCUT2D eigenvalue weighted by molar-refractivity contribution is 5.80. The zero-order valence-corrected chi connectivity index (χ0v) is 9.21. The lowest BCUT2D eigenvalue weighted by Gasteiger charge is -2.10. The lowest BCUT2D eigenvalue weighted by atomic mass is 10.2. The molecule has 0 aliphatic heterocycles. The molecule has 0 bridgehead atoms. The highest BCUT2D eigenvalue weighted by atomic mass is 16.5. The van der Waals surface area contributed by atoms with Crippen molar-refractivity contribution in [2.24, 2.45) is 11.0 Å². The molecule has 1 aromatic carbocycles. The average Bonchev–Trinajstić information content (AvgIpc) is 2.36. The molecule has 4 N–H and O–H groups in total. The number of nitrogens with one attached hydrogen (secondary N) is 1. The molecule has 7 heteroatoms. The topological polar surface area (TPSA) is 106 Å². The van der Waals surface area contributed by atoms with Crippen molar-refractivity contribution in [2.75, 3.05) is 13.7 Å². The molecule has 0 atom stereocenters. The summed E-state index contributed by atoms with van der Waals surface area (Å²) in [6.07, 6.45) is 1.25. The SMILES string of the molecule is COc1cc(/C=N/O)ccc1OCC(=O)NN. The fourth-order valence-electron chi connectivity index (χ4n) is 1.14. The summed E-state index contributed by atoms with van der Waals surface area (Å²) in [6, 6.07) is 4.85. The molecule has 0 saturated heterocycles. The number of oxime groups is 1. The minimum atomic E-state index is -0.451. The number of ether oxygens (including phenoxy) is 2. The summed E-state index contributed by atoms with van der Waals surface area (Å²) in [5.41, 5.74) is 2.58. The van der Waals surface area contributed by atoms with Crippen LogP contribution in [0.3, 0.4) is 0 Å². The zero-order chi connectivity index (χ0) is 12.7. The summed E-state index contributed by atoms with van der Waals surface area (Å²) in [5.74, 6) is 5.28. The van der Waals surface area contributed by atoms with Gasteiger partial charge in [-0.25, -0.2) is 5.84 Å². The van der Waals surface area contributed by atoms with Crippen molar-refractivity contribution in [2.45, 2.75) is 0 Å². The summed E-state index contributed by atoms with van der Waals surface area (Å²) in [5, 5.41) is 11.3. The minimum absolute atomic E-state index is 0.208. The van der Waals surface area contributed by atoms with E-state index >= 15 is 0 Å². The van der Waals surface area contributed by atoms with Gasteiger partial charge < -0.3 is 14.7 Å². The van der Waals surface area contributed by atoms with Crippen LogP contribution < -0.4 is 20.7 Å². The highest BCUT2D eigenvalue weighted by Gasteiger charge is 2.07. The molecule has 1 amide bonds. The predicted octanol–water partition coefficient (Wildman–Crippen LogP) is -0.128. The molecule has 0 aromatic heterocycles. The maximum Gasteiger partial charge on any atom is 0.271 e. The number of benzene rings is 1. The van der Waals surface area contributed by atoms with E-state index in [1.807, 2.05) is 5.43 Å². The van der Waals surface area contributed by atoms with Gasteiger partial charge in [-0.1, -0.05) is 5.16 Å². The van der Waals surface area contributed by atoms with Gasteiger partial charge in [0.1, 0.15) is 0 Å². The average molecular weight is 239 g/mol. The summed E-state index contributed by atoms with van der Waals surface area (Å²) in [6.45, 7) is -0.208. The van der Waals surface area contributed by atoms with Gasteiger partial charge in [-0.2, -0.15) is 0 Å². The number of hydrogen-bond acceptors (Lipinski definition) is 6. The van der Waals surface area contributed by atoms with E-state index in [1.54, 1.807) is 18.2 Å². The van der Waals surface area contributed by atoms with E-state index in [0.717, 1.165) is 0 Å². The lowest BCUT2D eigenvalue weighted by Crippen LogP contribution is -2.34. The van der Waals surface area contributed by atoms with Crippen molar-refractivity contribution < 1.29 is 19.5 Å². The Morgan fingerprint density at radius 1 is 1.59 bits per heavy atom. The number of amides is 1. The Bertz CT molecular complexity index is 420. The number of rotatable bonds is 5. The van der Waals surface area contributed by atoms with Gasteiger partial charge >= 0.3 is 0 Å². The van der Waals surface area contributed by atoms with Crippen LogP contribution >= 0.6 is 0 Å². The van der Waals surface area contributed by atoms with Gasteiger partial charge in [-0.3, -0.25) is 10.2 Å². The Balaban J connectivity index is 2.81. The lowest BCUT2D eigenvalue weighted by molar-refractivity contribution is -0.123. The Hall–Kier alpha value is -2.28. The van der Waals surface area contributed by atoms with Gasteiger partial charge in [-0.15, -0.1) is 0 Å². The highest BCUT2D eigenvalue weighted by Crippen LogP contribution is 2.27. The van der Waals surface area contributed by atoms with Gasteiger partial charge in [0.25, 0.3) is 5.91 Å². The number of hydrazine groups is 1. The zero-order valence-electron chi connectivity index (χ0n) is 9.21. The molecule has 0 heterocycles. The number of methoxy groups -OCH3 is 1. The molecule has 0 aliphatic rings. The largest absolute Gasteiger partial charge is 0.493 e. The van der Waals surface area contributed by atoms with Gasteiger partial charge in [-0.05, 0) is 18.2 Å². The maximum absolute atomic E-state index is 10.9. The third kappa shape index (κ3) is 3.65. The fourth-order valence-corrected chi connectivity index (χ4v) is 1.14. The van der Waals surface area contributed by atoms with Gasteiger partial charge in [0, 0.05) is 5.56 Å². The first-order valence-electron chi connectivity index (χ1n) is 4.69. The van der Waals surface area contributed by atoms with Crippen LogP contribution in [0.15, 0.2) is 23.4 Å². The molecule has 7 nitrogen and oxygen atoms in total. The summed E-state index contributed by atoms with van der Waals surface area (Å²) < 4.78 is 10.3. The second kappa shape index (κ2) is 6.33. The van der Waals surface area contributed by atoms with Crippen molar-refractivity contribution in [3.05, 3.63) is 23.8 Å². The van der Waals surface area contributed by atoms with Crippen LogP contribution in [0.4, 0.5) is 0 Å². The van der Waals surface area contributed by atoms with E-state index in [9.17, 15) is 4.79 Å². The normalized spacial score (nSPS) is 10.2. The smallest absolute Gasteiger partial charge is 0.271 e. The van der Waals surface area contributed by atoms with Crippen molar-refractivity contribution in [1.82, 2.24) is 5.43 Å². The van der Waals surface area contributed by atoms with Gasteiger partial charge in [0.2, 0.25) is 0 Å². The number of carbonyl (C=O) groups excluding carboxylic acids is 1. The molecule has 0 radical (unpaired) electrons. The van der Waals surface area contributed by atoms with Crippen molar-refractivity contribution in [3.63, 3.8) is 0 Å². The van der Waals surface area contributed by atoms with Crippen LogP contribution in [0.2, 0.25) is 0 Å². The maximum atomic E-state index is 10.9. The quantitative estimate of drug-likeness (QED) is 0.218. The Labute approximate surface area is 97.8 Å². The molecule has 0 aliphatic carbocycles. The van der Waals surface area contributed by atoms with Crippen molar-refractivity contribution in [1.29, 1.82) is 0 Å². The minimum Gasteiger partial charge on any atom is -0.493 e. The van der Waals surface area contributed by atoms with E-state index in [4.69, 9.17) is 20.5 Å². The third-order valence-corrected chi connectivity index (χ3v) is 1.91. The first-order chi connectivity index (χ1) is 8.21. The standard InChI is InChI=1S/C10H13N3O4/c1-16-9-4-7(5-12-15)2-3-8(9)17-6-10(14)13-11/h2-5,15H,6,11H2,1H3,(H,13,14)/b12-5+. The van der Waals surface area contributed by atoms with Gasteiger partial charge in [0.05, 0.1) is 13.3 Å². The van der Waals surface area contributed by atoms with Crippen LogP contribution in [0, 0.1) is 0 Å². The summed E-state index contributed by atoms with van der Waals surface area (Å²) >= 11 is 0. The first-order valence-corrected chi connectivity index (χ1v) is 4.69. The second-order valence-corrected chi connectivity index (χ2v) is 3.01. The Morgan fingerprint density at radius 3 is 2.94 bits per heavy atom. The molecule has 0 fully saturated rings. The molecule has 0 saturated carbocycles. The van der Waals surface area contributed by atoms with Crippen molar-refractivity contribution >= 4 is 12.1 Å². The summed E-state index contributed by atoms with van der Waals surface area (Å²) in [7, 11) is 1.46. The molecule has 1 aromatic rings. The van der Waals surface area contributed by atoms with Crippen LogP contribution in [0.25, 0.3) is 0 Å². The molecular weight excluding hydrogens is 226 g/mol. The summed E-state index contributed by atoms with van der Waals surface area (Å²) in [4.78, 5) is 10.9. The number of hydrogen-bond donors (Lipinski definition) is 3. The van der Waals surface area contributed by atoms with Crippen LogP contribution in [-0.4, -0.2) is 31.0 Å². The number of carbonyl (C=O) groups is 1. The third-order valence-electron chi connectivity index (χ3n) is 1.91. The fraction of sp³-hybridized carbons (Fsp3) is 0.200. The molecule has 0 unspecified atom stereocenters. The predicted molar refractivity (Wildman–Crippen MR) is 60.2 cm³/mol. The molecular formula is C10H13N3O4. The number of nitrogens with zero attached hydrogens (tertiary/aromatic N) is 1. The van der Waals surface area contributed by atoms with Crippen LogP contribution in [0.5, 0.6) is 11.5 Å². The van der Waals surface area contributed by atoms with E-state index in [0.29, 0.717) is 17.1 Å². The van der Waals surface area contributed by atoms with E-state index < -0.39 is 5.91 Å². The van der Waals surface area contributed by atoms with Crippen LogP contribution in [-0.2, 0) is 4.79 Å². The molecule has 1 rings (SSSR count). The Morgan fingerprint density at radius 2 is 2.35 bits per heavy atom. The van der Waals surface area contributed by atoms with Crippen LogP contribution in [0.1, 0.15) is 5.56 Å². The van der Waals surface area contributed by atoms with Crippen molar-refractivity contribution in [3.8, 4) is 11.5 Å². The second-order valence-electron chi connectivity index (χ2n) is 3.01. The first kappa shape index (κ1) is 12.8.